The van der Waals surface area contributed by atoms with E-state index in [1.807, 2.05) is 0 Å². The molecule has 0 bridgehead atoms. The van der Waals surface area contributed by atoms with Crippen molar-refractivity contribution in [3.8, 4) is 0 Å². The molecule has 1 aromatic carbocycles. The van der Waals surface area contributed by atoms with Crippen molar-refractivity contribution in [2.45, 2.75) is 57.2 Å². The van der Waals surface area contributed by atoms with Gasteiger partial charge in [0.05, 0.1) is 6.10 Å². The Morgan fingerprint density at radius 3 is 3.00 bits per heavy atom. The molecule has 1 aliphatic heterocycles. The molecule has 18 heavy (non-hydrogen) atoms. The molecule has 1 saturated heterocycles. The van der Waals surface area contributed by atoms with Crippen molar-refractivity contribution in [1.82, 2.24) is 5.32 Å². The highest BCUT2D eigenvalue weighted by molar-refractivity contribution is 5.20. The van der Waals surface area contributed by atoms with Crippen molar-refractivity contribution in [2.75, 3.05) is 0 Å². The number of aliphatic hydroxyl groups is 1. The number of hydrogen-bond acceptors (Lipinski definition) is 2. The van der Waals surface area contributed by atoms with Gasteiger partial charge in [-0.15, -0.1) is 0 Å². The highest BCUT2D eigenvalue weighted by atomic mass is 19.1. The molecule has 2 N–H and O–H groups in total. The Hall–Kier alpha value is -0.930. The third-order valence-electron chi connectivity index (χ3n) is 3.73. The van der Waals surface area contributed by atoms with E-state index in [9.17, 15) is 9.50 Å². The summed E-state index contributed by atoms with van der Waals surface area (Å²) in [5, 5.41) is 13.8. The van der Waals surface area contributed by atoms with Gasteiger partial charge in [-0.3, -0.25) is 0 Å². The highest BCUT2D eigenvalue weighted by Crippen LogP contribution is 2.26. The smallest absolute Gasteiger partial charge is 0.123 e. The van der Waals surface area contributed by atoms with Crippen LogP contribution in [-0.4, -0.2) is 17.2 Å². The third kappa shape index (κ3) is 3.30. The van der Waals surface area contributed by atoms with Gasteiger partial charge in [0, 0.05) is 12.1 Å². The van der Waals surface area contributed by atoms with Gasteiger partial charge in [-0.2, -0.15) is 0 Å². The number of nitrogens with one attached hydrogen (secondary N) is 1. The van der Waals surface area contributed by atoms with Crippen LogP contribution in [0.1, 0.15) is 50.7 Å². The van der Waals surface area contributed by atoms with E-state index in [1.54, 1.807) is 12.1 Å². The number of hydrogen-bond donors (Lipinski definition) is 2. The summed E-state index contributed by atoms with van der Waals surface area (Å²) in [7, 11) is 0. The molecule has 0 amide bonds. The van der Waals surface area contributed by atoms with Crippen LogP contribution in [0.15, 0.2) is 24.3 Å². The lowest BCUT2D eigenvalue weighted by Crippen LogP contribution is -2.45. The molecule has 100 valence electrons. The maximum absolute atomic E-state index is 13.2. The lowest BCUT2D eigenvalue weighted by Gasteiger charge is -2.34. The maximum Gasteiger partial charge on any atom is 0.123 e. The zero-order valence-corrected chi connectivity index (χ0v) is 10.9. The second kappa shape index (κ2) is 6.30. The molecular formula is C15H22FNO. The van der Waals surface area contributed by atoms with Crippen molar-refractivity contribution >= 4 is 0 Å². The number of rotatable bonds is 4. The Bertz CT molecular complexity index is 381. The standard InChI is InChI=1S/C15H22FNO/c1-2-5-13-8-4-9-14(17-13)15(18)11-6-3-7-12(16)10-11/h3,6-7,10,13-15,17-18H,2,4-5,8-9H2,1H3. The SMILES string of the molecule is CCCC1CCCC(C(O)c2cccc(F)c2)N1. The van der Waals surface area contributed by atoms with Crippen molar-refractivity contribution in [2.24, 2.45) is 0 Å². The molecule has 2 nitrogen and oxygen atoms in total. The van der Waals surface area contributed by atoms with E-state index in [2.05, 4.69) is 12.2 Å². The molecule has 0 spiro atoms. The van der Waals surface area contributed by atoms with Crippen LogP contribution in [0.3, 0.4) is 0 Å². The fourth-order valence-corrected chi connectivity index (χ4v) is 2.80. The van der Waals surface area contributed by atoms with E-state index in [0.29, 0.717) is 11.6 Å². The summed E-state index contributed by atoms with van der Waals surface area (Å²) in [6.07, 6.45) is 4.96. The second-order valence-electron chi connectivity index (χ2n) is 5.19. The van der Waals surface area contributed by atoms with Gasteiger partial charge in [0.25, 0.3) is 0 Å². The highest BCUT2D eigenvalue weighted by Gasteiger charge is 2.27. The van der Waals surface area contributed by atoms with Crippen LogP contribution < -0.4 is 5.32 Å². The molecule has 1 aromatic rings. The fourth-order valence-electron chi connectivity index (χ4n) is 2.80. The molecule has 3 heteroatoms. The van der Waals surface area contributed by atoms with E-state index in [4.69, 9.17) is 0 Å². The Balaban J connectivity index is 2.02. The lowest BCUT2D eigenvalue weighted by molar-refractivity contribution is 0.0995. The van der Waals surface area contributed by atoms with Gasteiger partial charge in [0.15, 0.2) is 0 Å². The van der Waals surface area contributed by atoms with Crippen molar-refractivity contribution in [3.63, 3.8) is 0 Å². The zero-order valence-electron chi connectivity index (χ0n) is 10.9. The molecule has 1 aliphatic rings. The Morgan fingerprint density at radius 2 is 2.28 bits per heavy atom. The summed E-state index contributed by atoms with van der Waals surface area (Å²) >= 11 is 0. The van der Waals surface area contributed by atoms with Gasteiger partial charge in [0.2, 0.25) is 0 Å². The second-order valence-corrected chi connectivity index (χ2v) is 5.19. The van der Waals surface area contributed by atoms with E-state index >= 15 is 0 Å². The Kier molecular flexibility index (Phi) is 4.72. The first-order valence-electron chi connectivity index (χ1n) is 6.90. The third-order valence-corrected chi connectivity index (χ3v) is 3.73. The molecule has 0 saturated carbocycles. The molecule has 0 aromatic heterocycles. The topological polar surface area (TPSA) is 32.3 Å². The maximum atomic E-state index is 13.2. The summed E-state index contributed by atoms with van der Waals surface area (Å²) < 4.78 is 13.2. The number of piperidine rings is 1. The normalized spacial score (nSPS) is 25.9. The fraction of sp³-hybridized carbons (Fsp3) is 0.600. The molecule has 3 atom stereocenters. The van der Waals surface area contributed by atoms with Crippen LogP contribution in [0.2, 0.25) is 0 Å². The molecule has 2 rings (SSSR count). The molecule has 0 aliphatic carbocycles. The van der Waals surface area contributed by atoms with E-state index in [1.165, 1.54) is 18.6 Å². The largest absolute Gasteiger partial charge is 0.387 e. The number of benzene rings is 1. The number of halogens is 1. The molecular weight excluding hydrogens is 229 g/mol. The summed E-state index contributed by atoms with van der Waals surface area (Å²) in [6, 6.07) is 6.83. The van der Waals surface area contributed by atoms with E-state index in [0.717, 1.165) is 25.7 Å². The summed E-state index contributed by atoms with van der Waals surface area (Å²) in [4.78, 5) is 0. The molecule has 1 fully saturated rings. The first-order valence-corrected chi connectivity index (χ1v) is 6.90. The first kappa shape index (κ1) is 13.5. The van der Waals surface area contributed by atoms with Gasteiger partial charge in [0.1, 0.15) is 5.82 Å². The average molecular weight is 251 g/mol. The van der Waals surface area contributed by atoms with Crippen LogP contribution >= 0.6 is 0 Å². The number of aliphatic hydroxyl groups excluding tert-OH is 1. The van der Waals surface area contributed by atoms with Crippen LogP contribution in [0, 0.1) is 5.82 Å². The average Bonchev–Trinajstić information content (AvgIpc) is 2.39. The minimum atomic E-state index is -0.611. The van der Waals surface area contributed by atoms with Gasteiger partial charge >= 0.3 is 0 Å². The van der Waals surface area contributed by atoms with Crippen LogP contribution in [-0.2, 0) is 0 Å². The van der Waals surface area contributed by atoms with Crippen molar-refractivity contribution in [1.29, 1.82) is 0 Å². The molecule has 1 heterocycles. The minimum absolute atomic E-state index is 0.0529. The van der Waals surface area contributed by atoms with Crippen molar-refractivity contribution in [3.05, 3.63) is 35.6 Å². The quantitative estimate of drug-likeness (QED) is 0.861. The minimum Gasteiger partial charge on any atom is -0.387 e. The Labute approximate surface area is 108 Å². The Morgan fingerprint density at radius 1 is 1.44 bits per heavy atom. The molecule has 0 radical (unpaired) electrons. The van der Waals surface area contributed by atoms with Gasteiger partial charge < -0.3 is 10.4 Å². The summed E-state index contributed by atoms with van der Waals surface area (Å²) in [6.45, 7) is 2.17. The monoisotopic (exact) mass is 251 g/mol. The van der Waals surface area contributed by atoms with Gasteiger partial charge in [-0.1, -0.05) is 31.9 Å². The lowest BCUT2D eigenvalue weighted by atomic mass is 9.90. The zero-order chi connectivity index (χ0) is 13.0. The summed E-state index contributed by atoms with van der Waals surface area (Å²) in [5.41, 5.74) is 0.671. The van der Waals surface area contributed by atoms with E-state index in [-0.39, 0.29) is 11.9 Å². The predicted octanol–water partition coefficient (Wildman–Crippen LogP) is 3.17. The first-order chi connectivity index (χ1) is 8.70. The van der Waals surface area contributed by atoms with Crippen LogP contribution in [0.25, 0.3) is 0 Å². The predicted molar refractivity (Wildman–Crippen MR) is 70.8 cm³/mol. The van der Waals surface area contributed by atoms with Crippen molar-refractivity contribution < 1.29 is 9.50 Å². The van der Waals surface area contributed by atoms with E-state index < -0.39 is 6.10 Å². The van der Waals surface area contributed by atoms with Gasteiger partial charge in [-0.25, -0.2) is 4.39 Å². The van der Waals surface area contributed by atoms with Gasteiger partial charge in [-0.05, 0) is 37.0 Å². The molecule has 3 unspecified atom stereocenters. The van der Waals surface area contributed by atoms with Crippen LogP contribution in [0.5, 0.6) is 0 Å². The van der Waals surface area contributed by atoms with Crippen LogP contribution in [0.4, 0.5) is 4.39 Å². The summed E-state index contributed by atoms with van der Waals surface area (Å²) in [5.74, 6) is -0.285.